The van der Waals surface area contributed by atoms with Crippen LogP contribution in [-0.4, -0.2) is 21.8 Å². The third-order valence-corrected chi connectivity index (χ3v) is 5.90. The Morgan fingerprint density at radius 1 is 0.879 bits per heavy atom. The minimum absolute atomic E-state index is 0. The summed E-state index contributed by atoms with van der Waals surface area (Å²) in [7, 11) is 0. The van der Waals surface area contributed by atoms with Gasteiger partial charge in [-0.3, -0.25) is 19.7 Å². The Bertz CT molecular complexity index is 1480. The number of fused-ring (bicyclic) bond motifs is 5. The first-order valence-electron chi connectivity index (χ1n) is 10.3. The molecule has 166 valence electrons. The third-order valence-electron chi connectivity index (χ3n) is 5.90. The van der Waals surface area contributed by atoms with Gasteiger partial charge in [-0.15, -0.1) is 12.4 Å². The second kappa shape index (κ2) is 8.61. The first-order valence-corrected chi connectivity index (χ1v) is 10.3. The quantitative estimate of drug-likeness (QED) is 0.305. The number of non-ortho nitro benzene ring substituents is 1. The van der Waals surface area contributed by atoms with Crippen LogP contribution in [0.3, 0.4) is 0 Å². The highest BCUT2D eigenvalue weighted by Gasteiger charge is 2.33. The summed E-state index contributed by atoms with van der Waals surface area (Å²) in [5.74, 6) is -0.187. The summed E-state index contributed by atoms with van der Waals surface area (Å²) in [5, 5.41) is 11.9. The zero-order valence-electron chi connectivity index (χ0n) is 17.5. The highest BCUT2D eigenvalue weighted by atomic mass is 35.5. The number of carbonyl (C=O) groups is 1. The second-order valence-electron chi connectivity index (χ2n) is 7.77. The van der Waals surface area contributed by atoms with Crippen LogP contribution in [0.4, 0.5) is 5.69 Å². The van der Waals surface area contributed by atoms with Gasteiger partial charge >= 0.3 is 0 Å². The van der Waals surface area contributed by atoms with Crippen molar-refractivity contribution in [2.24, 2.45) is 5.73 Å². The van der Waals surface area contributed by atoms with E-state index in [4.69, 9.17) is 5.73 Å². The number of rotatable bonds is 5. The summed E-state index contributed by atoms with van der Waals surface area (Å²) in [6, 6.07) is 19.5. The van der Waals surface area contributed by atoms with Crippen molar-refractivity contribution in [2.45, 2.75) is 13.0 Å². The maximum atomic E-state index is 13.6. The summed E-state index contributed by atoms with van der Waals surface area (Å²) in [5.41, 5.74) is 9.21. The van der Waals surface area contributed by atoms with E-state index < -0.39 is 4.92 Å². The first-order chi connectivity index (χ1) is 15.5. The lowest BCUT2D eigenvalue weighted by atomic mass is 9.99. The molecule has 1 aromatic heterocycles. The molecule has 0 saturated carbocycles. The highest BCUT2D eigenvalue weighted by Crippen LogP contribution is 2.41. The van der Waals surface area contributed by atoms with Crippen molar-refractivity contribution in [3.05, 3.63) is 98.3 Å². The molecule has 2 N–H and O–H groups in total. The predicted molar refractivity (Wildman–Crippen MR) is 130 cm³/mol. The Labute approximate surface area is 195 Å². The molecule has 0 spiro atoms. The summed E-state index contributed by atoms with van der Waals surface area (Å²) in [6.07, 6.45) is 0.540. The van der Waals surface area contributed by atoms with Gasteiger partial charge in [0.1, 0.15) is 0 Å². The molecule has 4 aromatic rings. The molecule has 1 heterocycles. The molecule has 0 saturated heterocycles. The normalized spacial score (nSPS) is 11.7. The number of nitrogens with two attached hydrogens (primary N) is 1. The number of pyridine rings is 1. The molecule has 0 aliphatic heterocycles. The fourth-order valence-corrected chi connectivity index (χ4v) is 4.41. The Balaban J connectivity index is 0.00000259. The van der Waals surface area contributed by atoms with Gasteiger partial charge in [-0.2, -0.15) is 0 Å². The number of nitro benzene ring substituents is 1. The monoisotopic (exact) mass is 461 g/mol. The number of carbonyl (C=O) groups excluding carboxylic acids is 1. The summed E-state index contributed by atoms with van der Waals surface area (Å²) in [4.78, 5) is 37.7. The van der Waals surface area contributed by atoms with E-state index in [0.717, 1.165) is 11.1 Å². The van der Waals surface area contributed by atoms with Crippen LogP contribution in [0.2, 0.25) is 0 Å². The van der Waals surface area contributed by atoms with Gasteiger partial charge in [0.15, 0.2) is 5.78 Å². The molecular weight excluding hydrogens is 442 g/mol. The molecule has 0 unspecified atom stereocenters. The molecule has 0 radical (unpaired) electrons. The Morgan fingerprint density at radius 2 is 1.64 bits per heavy atom. The molecule has 0 fully saturated rings. The molecule has 1 aliphatic rings. The topological polar surface area (TPSA) is 108 Å². The number of ketones is 1. The number of aromatic nitrogens is 1. The number of nitro groups is 1. The summed E-state index contributed by atoms with van der Waals surface area (Å²) in [6.45, 7) is 0.700. The van der Waals surface area contributed by atoms with Crippen molar-refractivity contribution in [1.29, 1.82) is 0 Å². The van der Waals surface area contributed by atoms with Crippen molar-refractivity contribution in [1.82, 2.24) is 4.57 Å². The van der Waals surface area contributed by atoms with Crippen LogP contribution in [0, 0.1) is 10.1 Å². The largest absolute Gasteiger partial charge is 0.330 e. The minimum Gasteiger partial charge on any atom is -0.330 e. The predicted octanol–water partition coefficient (Wildman–Crippen LogP) is 4.56. The SMILES string of the molecule is Cl.NCCCn1c2c(c3ccc([N+](=O)[O-])cc3c1=O)C(=O)c1cc(-c3ccccc3)ccc1-2. The van der Waals surface area contributed by atoms with E-state index >= 15 is 0 Å². The van der Waals surface area contributed by atoms with Gasteiger partial charge in [-0.25, -0.2) is 0 Å². The number of benzene rings is 3. The van der Waals surface area contributed by atoms with Gasteiger partial charge in [0.25, 0.3) is 11.2 Å². The average molecular weight is 462 g/mol. The van der Waals surface area contributed by atoms with Crippen LogP contribution in [0.25, 0.3) is 33.2 Å². The van der Waals surface area contributed by atoms with E-state index in [-0.39, 0.29) is 34.8 Å². The maximum Gasteiger partial charge on any atom is 0.270 e. The maximum absolute atomic E-state index is 13.6. The molecule has 0 amide bonds. The van der Waals surface area contributed by atoms with Gasteiger partial charge in [0, 0.05) is 35.2 Å². The molecule has 1 aliphatic carbocycles. The van der Waals surface area contributed by atoms with Crippen LogP contribution in [0.1, 0.15) is 22.3 Å². The van der Waals surface area contributed by atoms with Gasteiger partial charge in [0.2, 0.25) is 0 Å². The first kappa shape index (κ1) is 22.4. The Morgan fingerprint density at radius 3 is 2.33 bits per heavy atom. The molecule has 7 nitrogen and oxygen atoms in total. The highest BCUT2D eigenvalue weighted by molar-refractivity contribution is 6.27. The Hall–Kier alpha value is -3.81. The van der Waals surface area contributed by atoms with Crippen molar-refractivity contribution in [2.75, 3.05) is 6.54 Å². The Kier molecular flexibility index (Phi) is 5.84. The average Bonchev–Trinajstić information content (AvgIpc) is 3.11. The second-order valence-corrected chi connectivity index (χ2v) is 7.77. The zero-order valence-corrected chi connectivity index (χ0v) is 18.3. The number of nitrogens with zero attached hydrogens (tertiary/aromatic N) is 2. The van der Waals surface area contributed by atoms with Gasteiger partial charge in [-0.1, -0.05) is 42.5 Å². The van der Waals surface area contributed by atoms with Crippen LogP contribution < -0.4 is 11.3 Å². The third kappa shape index (κ3) is 3.51. The molecule has 3 aromatic carbocycles. The van der Waals surface area contributed by atoms with E-state index in [9.17, 15) is 19.7 Å². The van der Waals surface area contributed by atoms with Gasteiger partial charge in [0.05, 0.1) is 21.6 Å². The molecule has 0 bridgehead atoms. The van der Waals surface area contributed by atoms with E-state index in [1.807, 2.05) is 48.5 Å². The smallest absolute Gasteiger partial charge is 0.270 e. The van der Waals surface area contributed by atoms with Crippen molar-refractivity contribution >= 4 is 34.7 Å². The van der Waals surface area contributed by atoms with Crippen molar-refractivity contribution < 1.29 is 9.72 Å². The minimum atomic E-state index is -0.543. The lowest BCUT2D eigenvalue weighted by Crippen LogP contribution is -2.24. The summed E-state index contributed by atoms with van der Waals surface area (Å²) < 4.78 is 1.54. The molecule has 8 heteroatoms. The number of hydrogen-bond acceptors (Lipinski definition) is 5. The van der Waals surface area contributed by atoms with Crippen LogP contribution in [0.15, 0.2) is 71.5 Å². The van der Waals surface area contributed by atoms with Crippen LogP contribution in [0.5, 0.6) is 0 Å². The van der Waals surface area contributed by atoms with Gasteiger partial charge < -0.3 is 10.3 Å². The fraction of sp³-hybridized carbons (Fsp3) is 0.120. The zero-order chi connectivity index (χ0) is 22.4. The fourth-order valence-electron chi connectivity index (χ4n) is 4.41. The van der Waals surface area contributed by atoms with E-state index in [2.05, 4.69) is 0 Å². The van der Waals surface area contributed by atoms with Crippen LogP contribution in [-0.2, 0) is 6.54 Å². The molecule has 33 heavy (non-hydrogen) atoms. The lowest BCUT2D eigenvalue weighted by molar-refractivity contribution is -0.384. The standard InChI is InChI=1S/C25H19N3O4.ClH/c26-11-4-12-27-23-19-9-7-16(15-5-2-1-3-6-15)13-20(19)24(29)22(23)18-10-8-17(28(31)32)14-21(18)25(27)30;/h1-3,5-10,13-14H,4,11-12,26H2;1H. The van der Waals surface area contributed by atoms with E-state index in [1.54, 1.807) is 4.57 Å². The van der Waals surface area contributed by atoms with Crippen LogP contribution >= 0.6 is 12.4 Å². The number of halogens is 1. The molecular formula is C25H20ClN3O4. The summed E-state index contributed by atoms with van der Waals surface area (Å²) >= 11 is 0. The molecule has 0 atom stereocenters. The number of hydrogen-bond donors (Lipinski definition) is 1. The molecule has 5 rings (SSSR count). The lowest BCUT2D eigenvalue weighted by Gasteiger charge is -2.14. The van der Waals surface area contributed by atoms with Crippen molar-refractivity contribution in [3.8, 4) is 22.4 Å². The van der Waals surface area contributed by atoms with Crippen molar-refractivity contribution in [3.63, 3.8) is 0 Å². The van der Waals surface area contributed by atoms with E-state index in [1.165, 1.54) is 18.2 Å². The van der Waals surface area contributed by atoms with Gasteiger partial charge in [-0.05, 0) is 36.2 Å². The van der Waals surface area contributed by atoms with E-state index in [0.29, 0.717) is 47.3 Å².